The van der Waals surface area contributed by atoms with Gasteiger partial charge in [-0.05, 0) is 50.2 Å². The topological polar surface area (TPSA) is 15.7 Å². The van der Waals surface area contributed by atoms with E-state index >= 15 is 0 Å². The number of hydrogen-bond acceptors (Lipinski definition) is 3. The summed E-state index contributed by atoms with van der Waals surface area (Å²) in [4.78, 5) is 4.45. The molecule has 118 valence electrons. The van der Waals surface area contributed by atoms with Gasteiger partial charge < -0.3 is 14.5 Å². The van der Waals surface area contributed by atoms with Crippen LogP contribution in [0.25, 0.3) is 0 Å². The Kier molecular flexibility index (Phi) is 4.66. The van der Waals surface area contributed by atoms with E-state index in [2.05, 4.69) is 28.5 Å². The van der Waals surface area contributed by atoms with E-state index in [9.17, 15) is 13.2 Å². The first kappa shape index (κ1) is 15.9. The fourth-order valence-electron chi connectivity index (χ4n) is 2.99. The summed E-state index contributed by atoms with van der Waals surface area (Å²) in [6.45, 7) is 4.27. The molecular formula is C15H21F3N2O. The quantitative estimate of drug-likeness (QED) is 0.851. The molecule has 2 atom stereocenters. The van der Waals surface area contributed by atoms with Crippen molar-refractivity contribution in [2.45, 2.75) is 25.7 Å². The largest absolute Gasteiger partial charge is 0.573 e. The highest BCUT2D eigenvalue weighted by molar-refractivity contribution is 5.49. The number of ether oxygens (including phenoxy) is 1. The number of benzene rings is 1. The van der Waals surface area contributed by atoms with Gasteiger partial charge in [-0.15, -0.1) is 13.2 Å². The highest BCUT2D eigenvalue weighted by atomic mass is 19.4. The Morgan fingerprint density at radius 2 is 1.86 bits per heavy atom. The third-order valence-electron chi connectivity index (χ3n) is 4.04. The summed E-state index contributed by atoms with van der Waals surface area (Å²) in [5, 5.41) is 0. The van der Waals surface area contributed by atoms with Crippen molar-refractivity contribution in [3.8, 4) is 5.75 Å². The van der Waals surface area contributed by atoms with Gasteiger partial charge in [0.25, 0.3) is 0 Å². The number of hydrogen-bond donors (Lipinski definition) is 0. The summed E-state index contributed by atoms with van der Waals surface area (Å²) in [5.41, 5.74) is 0.908. The van der Waals surface area contributed by atoms with Gasteiger partial charge in [0.15, 0.2) is 0 Å². The van der Waals surface area contributed by atoms with E-state index in [0.717, 1.165) is 25.2 Å². The van der Waals surface area contributed by atoms with E-state index in [1.54, 1.807) is 12.1 Å². The number of likely N-dealkylation sites (tertiary alicyclic amines) is 1. The zero-order valence-corrected chi connectivity index (χ0v) is 12.5. The number of halogens is 3. The van der Waals surface area contributed by atoms with E-state index < -0.39 is 6.36 Å². The van der Waals surface area contributed by atoms with Crippen LogP contribution in [0.15, 0.2) is 24.3 Å². The van der Waals surface area contributed by atoms with Gasteiger partial charge in [-0.2, -0.15) is 0 Å². The summed E-state index contributed by atoms with van der Waals surface area (Å²) in [6.07, 6.45) is -3.59. The molecule has 1 heterocycles. The number of piperidine rings is 1. The second-order valence-corrected chi connectivity index (χ2v) is 5.75. The number of anilines is 1. The van der Waals surface area contributed by atoms with Crippen LogP contribution in [0.2, 0.25) is 0 Å². The molecule has 0 amide bonds. The summed E-state index contributed by atoms with van der Waals surface area (Å²) in [6, 6.07) is 6.46. The highest BCUT2D eigenvalue weighted by Gasteiger charge is 2.31. The fourth-order valence-corrected chi connectivity index (χ4v) is 2.99. The van der Waals surface area contributed by atoms with Crippen molar-refractivity contribution in [1.82, 2.24) is 4.90 Å². The smallest absolute Gasteiger partial charge is 0.406 e. The van der Waals surface area contributed by atoms with E-state index in [-0.39, 0.29) is 5.75 Å². The molecule has 1 saturated heterocycles. The molecule has 0 spiro atoms. The minimum atomic E-state index is -4.64. The summed E-state index contributed by atoms with van der Waals surface area (Å²) < 4.78 is 40.3. The average molecular weight is 302 g/mol. The maximum atomic E-state index is 12.1. The summed E-state index contributed by atoms with van der Waals surface area (Å²) in [7, 11) is 4.10. The van der Waals surface area contributed by atoms with E-state index in [0.29, 0.717) is 12.0 Å². The predicted octanol–water partition coefficient (Wildman–Crippen LogP) is 3.36. The molecule has 2 rings (SSSR count). The van der Waals surface area contributed by atoms with E-state index in [1.165, 1.54) is 12.1 Å². The van der Waals surface area contributed by atoms with Crippen LogP contribution < -0.4 is 9.64 Å². The predicted molar refractivity (Wildman–Crippen MR) is 76.6 cm³/mol. The lowest BCUT2D eigenvalue weighted by molar-refractivity contribution is -0.274. The molecule has 0 bridgehead atoms. The average Bonchev–Trinajstić information content (AvgIpc) is 2.37. The Bertz CT molecular complexity index is 461. The van der Waals surface area contributed by atoms with Crippen LogP contribution in [0.1, 0.15) is 13.3 Å². The minimum Gasteiger partial charge on any atom is -0.406 e. The number of alkyl halides is 3. The van der Waals surface area contributed by atoms with Crippen LogP contribution in [-0.4, -0.2) is 44.5 Å². The Morgan fingerprint density at radius 3 is 2.38 bits per heavy atom. The molecule has 3 nitrogen and oxygen atoms in total. The lowest BCUT2D eigenvalue weighted by atomic mass is 9.92. The van der Waals surface area contributed by atoms with Crippen LogP contribution in [0.3, 0.4) is 0 Å². The van der Waals surface area contributed by atoms with Gasteiger partial charge >= 0.3 is 6.36 Å². The van der Waals surface area contributed by atoms with Crippen molar-refractivity contribution in [2.75, 3.05) is 32.1 Å². The molecule has 1 fully saturated rings. The van der Waals surface area contributed by atoms with Gasteiger partial charge in [0.1, 0.15) is 5.75 Å². The normalized spacial score (nSPS) is 23.9. The van der Waals surface area contributed by atoms with Crippen molar-refractivity contribution in [1.29, 1.82) is 0 Å². The molecule has 1 aromatic rings. The Hall–Kier alpha value is -1.43. The molecule has 0 saturated carbocycles. The van der Waals surface area contributed by atoms with Crippen molar-refractivity contribution >= 4 is 5.69 Å². The zero-order valence-electron chi connectivity index (χ0n) is 12.5. The molecule has 0 unspecified atom stereocenters. The Balaban J connectivity index is 2.04. The summed E-state index contributed by atoms with van der Waals surface area (Å²) in [5.74, 6) is 0.330. The lowest BCUT2D eigenvalue weighted by Gasteiger charge is -2.41. The van der Waals surface area contributed by atoms with Gasteiger partial charge in [0, 0.05) is 25.3 Å². The fraction of sp³-hybridized carbons (Fsp3) is 0.600. The molecule has 1 aromatic carbocycles. The maximum absolute atomic E-state index is 12.1. The van der Waals surface area contributed by atoms with Crippen LogP contribution in [0.5, 0.6) is 5.75 Å². The Labute approximate surface area is 123 Å². The third kappa shape index (κ3) is 4.27. The van der Waals surface area contributed by atoms with Gasteiger partial charge in [-0.1, -0.05) is 6.92 Å². The molecule has 21 heavy (non-hydrogen) atoms. The van der Waals surface area contributed by atoms with Crippen molar-refractivity contribution in [3.63, 3.8) is 0 Å². The van der Waals surface area contributed by atoms with Gasteiger partial charge in [0.05, 0.1) is 0 Å². The van der Waals surface area contributed by atoms with Gasteiger partial charge in [0.2, 0.25) is 0 Å². The van der Waals surface area contributed by atoms with Crippen molar-refractivity contribution in [2.24, 2.45) is 5.92 Å². The van der Waals surface area contributed by atoms with E-state index in [1.807, 2.05) is 7.05 Å². The monoisotopic (exact) mass is 302 g/mol. The highest BCUT2D eigenvalue weighted by Crippen LogP contribution is 2.28. The second-order valence-electron chi connectivity index (χ2n) is 5.75. The molecule has 0 aromatic heterocycles. The van der Waals surface area contributed by atoms with Gasteiger partial charge in [-0.3, -0.25) is 0 Å². The second kappa shape index (κ2) is 6.13. The number of nitrogens with zero attached hydrogens (tertiary/aromatic N) is 2. The minimum absolute atomic E-state index is 0.184. The van der Waals surface area contributed by atoms with E-state index in [4.69, 9.17) is 0 Å². The molecular weight excluding hydrogens is 281 g/mol. The third-order valence-corrected chi connectivity index (χ3v) is 4.04. The molecule has 0 N–H and O–H groups in total. The first-order chi connectivity index (χ1) is 9.76. The first-order valence-electron chi connectivity index (χ1n) is 7.03. The molecule has 1 aliphatic heterocycles. The van der Waals surface area contributed by atoms with Gasteiger partial charge in [-0.25, -0.2) is 0 Å². The molecule has 6 heteroatoms. The number of rotatable bonds is 3. The SMILES string of the molecule is C[C@@H]1CN(C)CC[C@H]1N(C)c1ccc(OC(F)(F)F)cc1. The summed E-state index contributed by atoms with van der Waals surface area (Å²) >= 11 is 0. The van der Waals surface area contributed by atoms with Crippen LogP contribution in [0, 0.1) is 5.92 Å². The molecule has 1 aliphatic rings. The van der Waals surface area contributed by atoms with Crippen LogP contribution >= 0.6 is 0 Å². The lowest BCUT2D eigenvalue weighted by Crippen LogP contribution is -2.47. The standard InChI is InChI=1S/C15H21F3N2O/c1-11-10-19(2)9-8-14(11)20(3)12-4-6-13(7-5-12)21-15(16,17)18/h4-7,11,14H,8-10H2,1-3H3/t11-,14-/m1/s1. The Morgan fingerprint density at radius 1 is 1.24 bits per heavy atom. The maximum Gasteiger partial charge on any atom is 0.573 e. The van der Waals surface area contributed by atoms with Crippen molar-refractivity contribution in [3.05, 3.63) is 24.3 Å². The van der Waals surface area contributed by atoms with Crippen LogP contribution in [0.4, 0.5) is 18.9 Å². The molecule has 0 aliphatic carbocycles. The van der Waals surface area contributed by atoms with Crippen molar-refractivity contribution < 1.29 is 17.9 Å². The zero-order chi connectivity index (χ0) is 15.6. The van der Waals surface area contributed by atoms with Crippen LogP contribution in [-0.2, 0) is 0 Å². The molecule has 0 radical (unpaired) electrons. The first-order valence-corrected chi connectivity index (χ1v) is 7.03.